The largest absolute Gasteiger partial charge is 0.314 e. The van der Waals surface area contributed by atoms with Gasteiger partial charge in [-0.25, -0.2) is 12.7 Å². The molecule has 1 saturated heterocycles. The highest BCUT2D eigenvalue weighted by molar-refractivity contribution is 7.90. The normalized spacial score (nSPS) is 25.2. The Kier molecular flexibility index (Phi) is 4.67. The van der Waals surface area contributed by atoms with Crippen LogP contribution in [0.5, 0.6) is 0 Å². The van der Waals surface area contributed by atoms with Crippen molar-refractivity contribution < 1.29 is 8.42 Å². The van der Waals surface area contributed by atoms with Crippen LogP contribution in [0.4, 0.5) is 0 Å². The lowest BCUT2D eigenvalue weighted by atomic mass is 9.91. The molecule has 0 spiro atoms. The van der Waals surface area contributed by atoms with E-state index in [0.717, 1.165) is 51.7 Å². The molecule has 0 aromatic heterocycles. The van der Waals surface area contributed by atoms with Gasteiger partial charge in [-0.05, 0) is 51.5 Å². The first-order chi connectivity index (χ1) is 8.55. The summed E-state index contributed by atoms with van der Waals surface area (Å²) in [6.07, 6.45) is 4.90. The third-order valence-corrected chi connectivity index (χ3v) is 6.63. The maximum atomic E-state index is 12.1. The molecule has 1 heterocycles. The number of nitrogens with zero attached hydrogens (tertiary/aromatic N) is 1. The highest BCUT2D eigenvalue weighted by Crippen LogP contribution is 2.33. The Morgan fingerprint density at radius 2 is 1.83 bits per heavy atom. The van der Waals surface area contributed by atoms with E-state index in [1.54, 1.807) is 4.31 Å². The fourth-order valence-corrected chi connectivity index (χ4v) is 4.62. The molecular formula is C13H26N2O2S. The Hall–Kier alpha value is -0.130. The maximum absolute atomic E-state index is 12.1. The number of hydrogen-bond donors (Lipinski definition) is 1. The fraction of sp³-hybridized carbons (Fsp3) is 1.00. The minimum Gasteiger partial charge on any atom is -0.314 e. The molecule has 4 nitrogen and oxygen atoms in total. The van der Waals surface area contributed by atoms with E-state index >= 15 is 0 Å². The van der Waals surface area contributed by atoms with Gasteiger partial charge in [0.15, 0.2) is 0 Å². The molecule has 0 aromatic rings. The molecule has 0 bridgehead atoms. The van der Waals surface area contributed by atoms with Gasteiger partial charge in [0.1, 0.15) is 0 Å². The molecule has 106 valence electrons. The Morgan fingerprint density at radius 1 is 1.22 bits per heavy atom. The number of sulfonamides is 1. The van der Waals surface area contributed by atoms with Crippen LogP contribution in [0, 0.1) is 5.92 Å². The highest BCUT2D eigenvalue weighted by Gasteiger charge is 2.41. The molecule has 2 fully saturated rings. The predicted molar refractivity (Wildman–Crippen MR) is 74.0 cm³/mol. The van der Waals surface area contributed by atoms with E-state index in [0.29, 0.717) is 12.0 Å². The lowest BCUT2D eigenvalue weighted by Crippen LogP contribution is -2.45. The van der Waals surface area contributed by atoms with E-state index in [1.807, 2.05) is 0 Å². The molecule has 1 aliphatic heterocycles. The van der Waals surface area contributed by atoms with Crippen LogP contribution in [0.25, 0.3) is 0 Å². The van der Waals surface area contributed by atoms with Crippen molar-refractivity contribution in [2.75, 3.05) is 19.6 Å². The van der Waals surface area contributed by atoms with Crippen molar-refractivity contribution in [2.24, 2.45) is 5.92 Å². The first-order valence-electron chi connectivity index (χ1n) is 7.28. The second-order valence-corrected chi connectivity index (χ2v) is 7.94. The second kappa shape index (κ2) is 5.88. The molecule has 2 aliphatic rings. The first kappa shape index (κ1) is 14.3. The van der Waals surface area contributed by atoms with Gasteiger partial charge in [0, 0.05) is 19.1 Å². The van der Waals surface area contributed by atoms with Gasteiger partial charge in [-0.15, -0.1) is 0 Å². The van der Waals surface area contributed by atoms with Crippen LogP contribution < -0.4 is 5.32 Å². The van der Waals surface area contributed by atoms with Gasteiger partial charge in [0.05, 0.1) is 5.25 Å². The highest BCUT2D eigenvalue weighted by atomic mass is 32.2. The molecule has 0 amide bonds. The number of nitrogens with one attached hydrogen (secondary N) is 1. The number of hydrogen-bond acceptors (Lipinski definition) is 3. The topological polar surface area (TPSA) is 49.4 Å². The summed E-state index contributed by atoms with van der Waals surface area (Å²) in [6.45, 7) is 6.90. The third-order valence-electron chi connectivity index (χ3n) is 4.23. The van der Waals surface area contributed by atoms with Gasteiger partial charge in [0.25, 0.3) is 0 Å². The fourth-order valence-electron chi connectivity index (χ4n) is 2.75. The summed E-state index contributed by atoms with van der Waals surface area (Å²) >= 11 is 0. The Balaban J connectivity index is 1.80. The van der Waals surface area contributed by atoms with Crippen molar-refractivity contribution in [3.63, 3.8) is 0 Å². The smallest absolute Gasteiger partial charge is 0.216 e. The minimum absolute atomic E-state index is 0.0512. The lowest BCUT2D eigenvalue weighted by molar-refractivity contribution is 0.231. The summed E-state index contributed by atoms with van der Waals surface area (Å²) in [7, 11) is -2.94. The summed E-state index contributed by atoms with van der Waals surface area (Å²) in [5.74, 6) is 0.627. The van der Waals surface area contributed by atoms with Crippen molar-refractivity contribution >= 4 is 10.0 Å². The van der Waals surface area contributed by atoms with Gasteiger partial charge >= 0.3 is 0 Å². The molecule has 5 heteroatoms. The van der Waals surface area contributed by atoms with Crippen LogP contribution in [-0.2, 0) is 10.0 Å². The Labute approximate surface area is 111 Å². The molecule has 18 heavy (non-hydrogen) atoms. The van der Waals surface area contributed by atoms with Crippen molar-refractivity contribution in [1.29, 1.82) is 0 Å². The van der Waals surface area contributed by atoms with Crippen LogP contribution in [-0.4, -0.2) is 43.6 Å². The first-order valence-corrected chi connectivity index (χ1v) is 8.78. The summed E-state index contributed by atoms with van der Waals surface area (Å²) in [5.41, 5.74) is 0. The van der Waals surface area contributed by atoms with Crippen LogP contribution in [0.1, 0.15) is 46.0 Å². The molecule has 1 aliphatic carbocycles. The number of rotatable bonds is 6. The van der Waals surface area contributed by atoms with Gasteiger partial charge in [-0.1, -0.05) is 6.92 Å². The second-order valence-electron chi connectivity index (χ2n) is 5.72. The van der Waals surface area contributed by atoms with E-state index in [9.17, 15) is 8.42 Å². The van der Waals surface area contributed by atoms with Gasteiger partial charge in [-0.2, -0.15) is 0 Å². The van der Waals surface area contributed by atoms with Gasteiger partial charge in [-0.3, -0.25) is 0 Å². The van der Waals surface area contributed by atoms with E-state index < -0.39 is 10.0 Å². The predicted octanol–water partition coefficient (Wildman–Crippen LogP) is 1.58. The molecule has 2 rings (SSSR count). The molecule has 0 aromatic carbocycles. The van der Waals surface area contributed by atoms with Crippen LogP contribution >= 0.6 is 0 Å². The zero-order chi connectivity index (χ0) is 13.2. The van der Waals surface area contributed by atoms with Crippen molar-refractivity contribution in [1.82, 2.24) is 9.62 Å². The zero-order valence-electron chi connectivity index (χ0n) is 11.6. The molecule has 1 saturated carbocycles. The Bertz CT molecular complexity index is 357. The monoisotopic (exact) mass is 274 g/mol. The van der Waals surface area contributed by atoms with E-state index in [4.69, 9.17) is 0 Å². The van der Waals surface area contributed by atoms with Crippen molar-refractivity contribution in [3.8, 4) is 0 Å². The molecule has 1 unspecified atom stereocenters. The quantitative estimate of drug-likeness (QED) is 0.800. The lowest BCUT2D eigenvalue weighted by Gasteiger charge is -2.34. The third kappa shape index (κ3) is 3.25. The average Bonchev–Trinajstić information content (AvgIpc) is 3.20. The number of piperidine rings is 1. The minimum atomic E-state index is -2.94. The van der Waals surface area contributed by atoms with Crippen LogP contribution in [0.3, 0.4) is 0 Å². The van der Waals surface area contributed by atoms with E-state index in [-0.39, 0.29) is 5.25 Å². The molecule has 1 atom stereocenters. The summed E-state index contributed by atoms with van der Waals surface area (Å²) in [5, 5.41) is 3.47. The van der Waals surface area contributed by atoms with Crippen molar-refractivity contribution in [3.05, 3.63) is 0 Å². The van der Waals surface area contributed by atoms with Crippen molar-refractivity contribution in [2.45, 2.75) is 57.2 Å². The summed E-state index contributed by atoms with van der Waals surface area (Å²) in [6, 6.07) is 0.510. The van der Waals surface area contributed by atoms with Crippen LogP contribution in [0.15, 0.2) is 0 Å². The summed E-state index contributed by atoms with van der Waals surface area (Å²) < 4.78 is 25.9. The molecule has 0 radical (unpaired) electrons. The van der Waals surface area contributed by atoms with Gasteiger partial charge < -0.3 is 5.32 Å². The van der Waals surface area contributed by atoms with Crippen LogP contribution in [0.2, 0.25) is 0 Å². The van der Waals surface area contributed by atoms with Gasteiger partial charge in [0.2, 0.25) is 10.0 Å². The maximum Gasteiger partial charge on any atom is 0.216 e. The molecule has 1 N–H and O–H groups in total. The SMILES string of the molecule is CCCNC(C)C1CCN(S(=O)(=O)C2CC2)CC1. The zero-order valence-corrected chi connectivity index (χ0v) is 12.4. The molecular weight excluding hydrogens is 248 g/mol. The summed E-state index contributed by atoms with van der Waals surface area (Å²) in [4.78, 5) is 0. The average molecular weight is 274 g/mol. The Morgan fingerprint density at radius 3 is 2.33 bits per heavy atom. The van der Waals surface area contributed by atoms with E-state index in [1.165, 1.54) is 0 Å². The standard InChI is InChI=1S/C13H26N2O2S/c1-3-8-14-11(2)12-6-9-15(10-7-12)18(16,17)13-4-5-13/h11-14H,3-10H2,1-2H3. The van der Waals surface area contributed by atoms with E-state index in [2.05, 4.69) is 19.2 Å².